The quantitative estimate of drug-likeness (QED) is 0.768. The summed E-state index contributed by atoms with van der Waals surface area (Å²) in [6.07, 6.45) is 11.4. The third-order valence-corrected chi connectivity index (χ3v) is 6.69. The van der Waals surface area contributed by atoms with E-state index in [9.17, 15) is 4.79 Å². The SMILES string of the molecule is COc1ccc(/C=C/CN2CCC(N3CCC(C(=O)NC4CC4)CC3)CC2)cc1. The van der Waals surface area contributed by atoms with Crippen molar-refractivity contribution in [1.82, 2.24) is 15.1 Å². The van der Waals surface area contributed by atoms with Crippen LogP contribution in [0.5, 0.6) is 5.75 Å². The summed E-state index contributed by atoms with van der Waals surface area (Å²) in [6.45, 7) is 5.52. The normalized spacial score (nSPS) is 22.8. The average molecular weight is 398 g/mol. The topological polar surface area (TPSA) is 44.8 Å². The third kappa shape index (κ3) is 5.83. The minimum Gasteiger partial charge on any atom is -0.497 e. The molecule has 4 rings (SSSR count). The van der Waals surface area contributed by atoms with Crippen LogP contribution in [0.2, 0.25) is 0 Å². The number of nitrogens with zero attached hydrogens (tertiary/aromatic N) is 2. The molecule has 3 fully saturated rings. The van der Waals surface area contributed by atoms with Crippen molar-refractivity contribution in [3.05, 3.63) is 35.9 Å². The van der Waals surface area contributed by atoms with Crippen LogP contribution in [-0.2, 0) is 4.79 Å². The molecular formula is C24H35N3O2. The summed E-state index contributed by atoms with van der Waals surface area (Å²) in [4.78, 5) is 17.5. The zero-order valence-corrected chi connectivity index (χ0v) is 17.7. The van der Waals surface area contributed by atoms with Crippen molar-refractivity contribution in [2.24, 2.45) is 5.92 Å². The van der Waals surface area contributed by atoms with Gasteiger partial charge in [0.05, 0.1) is 7.11 Å². The Morgan fingerprint density at radius 3 is 2.34 bits per heavy atom. The van der Waals surface area contributed by atoms with Gasteiger partial charge in [0.2, 0.25) is 5.91 Å². The molecule has 29 heavy (non-hydrogen) atoms. The molecule has 1 saturated carbocycles. The molecule has 1 amide bonds. The molecule has 1 aromatic rings. The predicted molar refractivity (Wildman–Crippen MR) is 117 cm³/mol. The Labute approximate surface area is 175 Å². The lowest BCUT2D eigenvalue weighted by Crippen LogP contribution is -2.49. The van der Waals surface area contributed by atoms with Gasteiger partial charge < -0.3 is 15.0 Å². The van der Waals surface area contributed by atoms with E-state index in [0.717, 1.165) is 38.2 Å². The first-order valence-corrected chi connectivity index (χ1v) is 11.3. The first-order valence-electron chi connectivity index (χ1n) is 11.3. The van der Waals surface area contributed by atoms with Gasteiger partial charge in [0.25, 0.3) is 0 Å². The molecule has 5 nitrogen and oxygen atoms in total. The van der Waals surface area contributed by atoms with Crippen LogP contribution >= 0.6 is 0 Å². The predicted octanol–water partition coefficient (Wildman–Crippen LogP) is 3.16. The number of carbonyl (C=O) groups is 1. The number of nitrogens with one attached hydrogen (secondary N) is 1. The van der Waals surface area contributed by atoms with Gasteiger partial charge in [0.15, 0.2) is 0 Å². The van der Waals surface area contributed by atoms with Gasteiger partial charge in [-0.05, 0) is 82.4 Å². The van der Waals surface area contributed by atoms with Crippen LogP contribution < -0.4 is 10.1 Å². The highest BCUT2D eigenvalue weighted by Gasteiger charge is 2.32. The second-order valence-corrected chi connectivity index (χ2v) is 8.80. The zero-order valence-electron chi connectivity index (χ0n) is 17.7. The van der Waals surface area contributed by atoms with Gasteiger partial charge in [-0.3, -0.25) is 9.69 Å². The van der Waals surface area contributed by atoms with E-state index in [4.69, 9.17) is 4.74 Å². The Hall–Kier alpha value is -1.85. The summed E-state index contributed by atoms with van der Waals surface area (Å²) in [6, 6.07) is 9.38. The summed E-state index contributed by atoms with van der Waals surface area (Å²) < 4.78 is 5.21. The standard InChI is InChI=1S/C24H35N3O2/c1-29-23-8-4-19(5-9-23)3-2-14-26-15-12-22(13-16-26)27-17-10-20(11-18-27)24(28)25-21-6-7-21/h2-5,8-9,20-22H,6-7,10-18H2,1H3,(H,25,28)/b3-2+. The number of rotatable bonds is 7. The minimum absolute atomic E-state index is 0.245. The number of benzene rings is 1. The van der Waals surface area contributed by atoms with Crippen molar-refractivity contribution >= 4 is 12.0 Å². The van der Waals surface area contributed by atoms with Gasteiger partial charge in [0.1, 0.15) is 5.75 Å². The first-order chi connectivity index (χ1) is 14.2. The van der Waals surface area contributed by atoms with Gasteiger partial charge >= 0.3 is 0 Å². The van der Waals surface area contributed by atoms with Crippen molar-refractivity contribution in [2.45, 2.75) is 50.6 Å². The highest BCUT2D eigenvalue weighted by atomic mass is 16.5. The van der Waals surface area contributed by atoms with Crippen LogP contribution in [0.1, 0.15) is 44.1 Å². The van der Waals surface area contributed by atoms with Gasteiger partial charge in [-0.1, -0.05) is 24.3 Å². The third-order valence-electron chi connectivity index (χ3n) is 6.69. The van der Waals surface area contributed by atoms with Crippen molar-refractivity contribution in [3.8, 4) is 5.75 Å². The molecule has 2 saturated heterocycles. The summed E-state index contributed by atoms with van der Waals surface area (Å²) in [5, 5.41) is 3.18. The fourth-order valence-electron chi connectivity index (χ4n) is 4.59. The number of piperidine rings is 2. The van der Waals surface area contributed by atoms with Crippen LogP contribution in [-0.4, -0.2) is 67.6 Å². The maximum Gasteiger partial charge on any atom is 0.223 e. The smallest absolute Gasteiger partial charge is 0.223 e. The Morgan fingerprint density at radius 1 is 1.03 bits per heavy atom. The average Bonchev–Trinajstić information content (AvgIpc) is 3.59. The number of likely N-dealkylation sites (tertiary alicyclic amines) is 2. The van der Waals surface area contributed by atoms with E-state index in [1.54, 1.807) is 7.11 Å². The second-order valence-electron chi connectivity index (χ2n) is 8.80. The van der Waals surface area contributed by atoms with Crippen LogP contribution in [0.25, 0.3) is 6.08 Å². The Kier molecular flexibility index (Phi) is 6.88. The maximum absolute atomic E-state index is 12.3. The van der Waals surface area contributed by atoms with Crippen molar-refractivity contribution in [2.75, 3.05) is 39.8 Å². The van der Waals surface area contributed by atoms with Gasteiger partial charge in [-0.25, -0.2) is 0 Å². The summed E-state index contributed by atoms with van der Waals surface area (Å²) >= 11 is 0. The van der Waals surface area contributed by atoms with Gasteiger partial charge in [-0.15, -0.1) is 0 Å². The highest BCUT2D eigenvalue weighted by Crippen LogP contribution is 2.26. The number of amides is 1. The zero-order chi connectivity index (χ0) is 20.1. The van der Waals surface area contributed by atoms with Crippen molar-refractivity contribution < 1.29 is 9.53 Å². The summed E-state index contributed by atoms with van der Waals surface area (Å²) in [5.74, 6) is 1.46. The lowest BCUT2D eigenvalue weighted by atomic mass is 9.92. The van der Waals surface area contributed by atoms with Crippen molar-refractivity contribution in [1.29, 1.82) is 0 Å². The molecule has 5 heteroatoms. The van der Waals surface area contributed by atoms with Crippen molar-refractivity contribution in [3.63, 3.8) is 0 Å². The molecule has 2 heterocycles. The van der Waals surface area contributed by atoms with Gasteiger partial charge in [0, 0.05) is 24.5 Å². The second kappa shape index (κ2) is 9.77. The molecule has 2 aliphatic heterocycles. The van der Waals surface area contributed by atoms with E-state index in [0.29, 0.717) is 18.0 Å². The molecule has 1 aliphatic carbocycles. The van der Waals surface area contributed by atoms with E-state index in [1.807, 2.05) is 12.1 Å². The number of carbonyl (C=O) groups excluding carboxylic acids is 1. The Bertz CT molecular complexity index is 683. The number of hydrogen-bond acceptors (Lipinski definition) is 4. The summed E-state index contributed by atoms with van der Waals surface area (Å²) in [7, 11) is 1.70. The minimum atomic E-state index is 0.245. The van der Waals surface area contributed by atoms with Crippen LogP contribution in [0.3, 0.4) is 0 Å². The Morgan fingerprint density at radius 2 is 1.72 bits per heavy atom. The molecule has 0 spiro atoms. The van der Waals surface area contributed by atoms with E-state index in [1.165, 1.54) is 44.3 Å². The number of ether oxygens (including phenoxy) is 1. The fourth-order valence-corrected chi connectivity index (χ4v) is 4.59. The first kappa shape index (κ1) is 20.4. The highest BCUT2D eigenvalue weighted by molar-refractivity contribution is 5.79. The largest absolute Gasteiger partial charge is 0.497 e. The molecule has 0 unspecified atom stereocenters. The number of hydrogen-bond donors (Lipinski definition) is 1. The summed E-state index contributed by atoms with van der Waals surface area (Å²) in [5.41, 5.74) is 1.22. The maximum atomic E-state index is 12.3. The lowest BCUT2D eigenvalue weighted by Gasteiger charge is -2.41. The molecular weight excluding hydrogens is 362 g/mol. The molecule has 1 N–H and O–H groups in total. The van der Waals surface area contributed by atoms with Crippen LogP contribution in [0, 0.1) is 5.92 Å². The molecule has 0 atom stereocenters. The molecule has 0 bridgehead atoms. The van der Waals surface area contributed by atoms with E-state index >= 15 is 0 Å². The monoisotopic (exact) mass is 397 g/mol. The fraction of sp³-hybridized carbons (Fsp3) is 0.625. The van der Waals surface area contributed by atoms with Gasteiger partial charge in [-0.2, -0.15) is 0 Å². The van der Waals surface area contributed by atoms with E-state index < -0.39 is 0 Å². The molecule has 3 aliphatic rings. The molecule has 0 radical (unpaired) electrons. The molecule has 158 valence electrons. The molecule has 1 aromatic carbocycles. The number of methoxy groups -OCH3 is 1. The van der Waals surface area contributed by atoms with E-state index in [-0.39, 0.29) is 5.92 Å². The lowest BCUT2D eigenvalue weighted by molar-refractivity contribution is -0.126. The molecule has 0 aromatic heterocycles. The van der Waals surface area contributed by atoms with Crippen LogP contribution in [0.15, 0.2) is 30.3 Å². The Balaban J connectivity index is 1.15. The van der Waals surface area contributed by atoms with Crippen LogP contribution in [0.4, 0.5) is 0 Å². The van der Waals surface area contributed by atoms with E-state index in [2.05, 4.69) is 39.4 Å².